The molecule has 4 aromatic rings. The molecule has 5 heteroatoms. The van der Waals surface area contributed by atoms with E-state index < -0.39 is 0 Å². The third kappa shape index (κ3) is 2.10. The lowest BCUT2D eigenvalue weighted by Gasteiger charge is -1.99. The van der Waals surface area contributed by atoms with Crippen LogP contribution in [0, 0.1) is 5.82 Å². The molecule has 0 spiro atoms. The average molecular weight is 342 g/mol. The summed E-state index contributed by atoms with van der Waals surface area (Å²) in [6, 6.07) is 14.9. The van der Waals surface area contributed by atoms with E-state index >= 15 is 0 Å². The molecule has 0 saturated heterocycles. The van der Waals surface area contributed by atoms with Gasteiger partial charge in [0.15, 0.2) is 5.82 Å². The van der Waals surface area contributed by atoms with Crippen LogP contribution in [0.2, 0.25) is 0 Å². The Hall–Kier alpha value is -2.27. The zero-order valence-electron chi connectivity index (χ0n) is 10.8. The zero-order chi connectivity index (χ0) is 14.4. The van der Waals surface area contributed by atoms with E-state index in [1.807, 2.05) is 36.4 Å². The maximum Gasteiger partial charge on any atom is 0.157 e. The van der Waals surface area contributed by atoms with Gasteiger partial charge in [0, 0.05) is 11.5 Å². The quantitative estimate of drug-likeness (QED) is 0.546. The Morgan fingerprint density at radius 2 is 1.81 bits per heavy atom. The van der Waals surface area contributed by atoms with Crippen LogP contribution in [0.3, 0.4) is 0 Å². The average Bonchev–Trinajstić information content (AvgIpc) is 2.90. The number of benzene rings is 2. The summed E-state index contributed by atoms with van der Waals surface area (Å²) in [5.41, 5.74) is 3.00. The predicted molar refractivity (Wildman–Crippen MR) is 84.5 cm³/mol. The molecule has 2 heterocycles. The van der Waals surface area contributed by atoms with Crippen LogP contribution in [0.4, 0.5) is 4.39 Å². The van der Waals surface area contributed by atoms with Crippen molar-refractivity contribution < 1.29 is 4.39 Å². The van der Waals surface area contributed by atoms with Crippen LogP contribution in [0.5, 0.6) is 0 Å². The maximum absolute atomic E-state index is 13.6. The van der Waals surface area contributed by atoms with Gasteiger partial charge in [-0.25, -0.2) is 14.4 Å². The standard InChI is InChI=1S/C16H9BrFN3/c17-10-7-14-15(8-11(10)18)21-16(20-14)13-6-5-9-3-1-2-4-12(9)19-13/h1-8H,(H,20,21). The van der Waals surface area contributed by atoms with Crippen LogP contribution in [-0.4, -0.2) is 15.0 Å². The van der Waals surface area contributed by atoms with Crippen molar-refractivity contribution in [3.8, 4) is 11.5 Å². The molecule has 0 saturated carbocycles. The summed E-state index contributed by atoms with van der Waals surface area (Å²) in [6.45, 7) is 0. The molecule has 0 atom stereocenters. The van der Waals surface area contributed by atoms with Crippen LogP contribution in [0.25, 0.3) is 33.5 Å². The second kappa shape index (κ2) is 4.63. The highest BCUT2D eigenvalue weighted by atomic mass is 79.9. The summed E-state index contributed by atoms with van der Waals surface area (Å²) in [6.07, 6.45) is 0. The highest BCUT2D eigenvalue weighted by Crippen LogP contribution is 2.25. The van der Waals surface area contributed by atoms with Crippen molar-refractivity contribution in [1.29, 1.82) is 0 Å². The Kier molecular flexibility index (Phi) is 2.75. The molecule has 2 aromatic carbocycles. The van der Waals surface area contributed by atoms with Crippen LogP contribution in [-0.2, 0) is 0 Å². The smallest absolute Gasteiger partial charge is 0.157 e. The SMILES string of the molecule is Fc1cc2[nH]c(-c3ccc4ccccc4n3)nc2cc1Br. The van der Waals surface area contributed by atoms with E-state index in [9.17, 15) is 4.39 Å². The number of rotatable bonds is 1. The van der Waals surface area contributed by atoms with Crippen molar-refractivity contribution in [3.05, 3.63) is 58.8 Å². The lowest BCUT2D eigenvalue weighted by Crippen LogP contribution is -1.86. The summed E-state index contributed by atoms with van der Waals surface area (Å²) in [5.74, 6) is 0.317. The Bertz CT molecular complexity index is 939. The number of pyridine rings is 1. The summed E-state index contributed by atoms with van der Waals surface area (Å²) in [5, 5.41) is 1.08. The van der Waals surface area contributed by atoms with Gasteiger partial charge in [0.2, 0.25) is 0 Å². The minimum Gasteiger partial charge on any atom is -0.337 e. The van der Waals surface area contributed by atoms with E-state index in [2.05, 4.69) is 30.9 Å². The first-order valence-corrected chi connectivity index (χ1v) is 7.21. The zero-order valence-corrected chi connectivity index (χ0v) is 12.4. The lowest BCUT2D eigenvalue weighted by atomic mass is 10.2. The van der Waals surface area contributed by atoms with E-state index in [4.69, 9.17) is 0 Å². The highest BCUT2D eigenvalue weighted by Gasteiger charge is 2.10. The number of halogens is 2. The van der Waals surface area contributed by atoms with Crippen molar-refractivity contribution in [2.45, 2.75) is 0 Å². The van der Waals surface area contributed by atoms with Crippen molar-refractivity contribution in [2.24, 2.45) is 0 Å². The van der Waals surface area contributed by atoms with E-state index in [0.717, 1.165) is 16.6 Å². The van der Waals surface area contributed by atoms with Crippen LogP contribution in [0.15, 0.2) is 53.0 Å². The molecule has 102 valence electrons. The molecule has 21 heavy (non-hydrogen) atoms. The first-order valence-electron chi connectivity index (χ1n) is 6.42. The van der Waals surface area contributed by atoms with E-state index in [-0.39, 0.29) is 5.82 Å². The summed E-state index contributed by atoms with van der Waals surface area (Å²) >= 11 is 3.17. The molecule has 0 unspecified atom stereocenters. The molecule has 0 aliphatic rings. The molecule has 2 aromatic heterocycles. The molecular weight excluding hydrogens is 333 g/mol. The number of hydrogen-bond donors (Lipinski definition) is 1. The molecule has 3 nitrogen and oxygen atoms in total. The monoisotopic (exact) mass is 341 g/mol. The fraction of sp³-hybridized carbons (Fsp3) is 0. The van der Waals surface area contributed by atoms with Gasteiger partial charge >= 0.3 is 0 Å². The van der Waals surface area contributed by atoms with Gasteiger partial charge in [-0.2, -0.15) is 0 Å². The van der Waals surface area contributed by atoms with Crippen LogP contribution in [0.1, 0.15) is 0 Å². The number of imidazole rings is 1. The molecule has 0 fully saturated rings. The Balaban J connectivity index is 1.91. The van der Waals surface area contributed by atoms with Crippen LogP contribution < -0.4 is 0 Å². The number of nitrogens with one attached hydrogen (secondary N) is 1. The minimum atomic E-state index is -0.316. The van der Waals surface area contributed by atoms with Crippen molar-refractivity contribution in [1.82, 2.24) is 15.0 Å². The minimum absolute atomic E-state index is 0.316. The first-order chi connectivity index (χ1) is 10.2. The topological polar surface area (TPSA) is 41.6 Å². The molecule has 1 N–H and O–H groups in total. The molecule has 0 bridgehead atoms. The largest absolute Gasteiger partial charge is 0.337 e. The molecule has 4 rings (SSSR count). The van der Waals surface area contributed by atoms with Gasteiger partial charge in [-0.3, -0.25) is 0 Å². The number of hydrogen-bond acceptors (Lipinski definition) is 2. The fourth-order valence-corrected chi connectivity index (χ4v) is 2.66. The summed E-state index contributed by atoms with van der Waals surface area (Å²) < 4.78 is 14.0. The van der Waals surface area contributed by atoms with Gasteiger partial charge in [0.1, 0.15) is 11.5 Å². The number of aromatic amines is 1. The van der Waals surface area contributed by atoms with Gasteiger partial charge in [0.05, 0.1) is 21.0 Å². The Labute approximate surface area is 128 Å². The molecule has 0 aliphatic carbocycles. The molecule has 0 aliphatic heterocycles. The maximum atomic E-state index is 13.6. The van der Waals surface area contributed by atoms with Gasteiger partial charge in [-0.1, -0.05) is 24.3 Å². The Morgan fingerprint density at radius 1 is 0.952 bits per heavy atom. The fourth-order valence-electron chi connectivity index (χ4n) is 2.32. The third-order valence-electron chi connectivity index (χ3n) is 3.36. The van der Waals surface area contributed by atoms with E-state index in [1.54, 1.807) is 6.07 Å². The lowest BCUT2D eigenvalue weighted by molar-refractivity contribution is 0.623. The molecule has 0 amide bonds. The van der Waals surface area contributed by atoms with Gasteiger partial charge < -0.3 is 4.98 Å². The molecule has 0 radical (unpaired) electrons. The van der Waals surface area contributed by atoms with Gasteiger partial charge in [0.25, 0.3) is 0 Å². The first kappa shape index (κ1) is 12.5. The van der Waals surface area contributed by atoms with E-state index in [1.165, 1.54) is 6.07 Å². The number of aromatic nitrogens is 3. The molecular formula is C16H9BrFN3. The summed E-state index contributed by atoms with van der Waals surface area (Å²) in [7, 11) is 0. The van der Waals surface area contributed by atoms with E-state index in [0.29, 0.717) is 21.3 Å². The number of H-pyrrole nitrogens is 1. The van der Waals surface area contributed by atoms with Crippen molar-refractivity contribution in [3.63, 3.8) is 0 Å². The van der Waals surface area contributed by atoms with Gasteiger partial charge in [-0.05, 0) is 34.1 Å². The summed E-state index contributed by atoms with van der Waals surface area (Å²) in [4.78, 5) is 12.2. The van der Waals surface area contributed by atoms with Crippen LogP contribution >= 0.6 is 15.9 Å². The number of fused-ring (bicyclic) bond motifs is 2. The number of para-hydroxylation sites is 1. The Morgan fingerprint density at radius 3 is 2.71 bits per heavy atom. The van der Waals surface area contributed by atoms with Gasteiger partial charge in [-0.15, -0.1) is 0 Å². The van der Waals surface area contributed by atoms with Crippen molar-refractivity contribution in [2.75, 3.05) is 0 Å². The second-order valence-electron chi connectivity index (χ2n) is 4.76. The number of nitrogens with zero attached hydrogens (tertiary/aromatic N) is 2. The van der Waals surface area contributed by atoms with Crippen molar-refractivity contribution >= 4 is 37.9 Å². The highest BCUT2D eigenvalue weighted by molar-refractivity contribution is 9.10. The predicted octanol–water partition coefficient (Wildman–Crippen LogP) is 4.68. The normalized spacial score (nSPS) is 11.3. The second-order valence-corrected chi connectivity index (χ2v) is 5.61. The third-order valence-corrected chi connectivity index (χ3v) is 3.97.